The number of hydrogen-bond acceptors (Lipinski definition) is 3. The van der Waals surface area contributed by atoms with Crippen LogP contribution < -0.4 is 5.32 Å². The second-order valence-corrected chi connectivity index (χ2v) is 6.47. The number of amides is 1. The van der Waals surface area contributed by atoms with Gasteiger partial charge in [0.2, 0.25) is 0 Å². The van der Waals surface area contributed by atoms with Crippen LogP contribution in [-0.4, -0.2) is 23.2 Å². The molecule has 3 nitrogen and oxygen atoms in total. The minimum Gasteiger partial charge on any atom is -0.394 e. The molecule has 98 valence electrons. The molecule has 1 heterocycles. The third-order valence-electron chi connectivity index (χ3n) is 4.30. The van der Waals surface area contributed by atoms with Crippen molar-refractivity contribution >= 4 is 17.2 Å². The van der Waals surface area contributed by atoms with E-state index < -0.39 is 0 Å². The van der Waals surface area contributed by atoms with Crippen LogP contribution in [0.4, 0.5) is 0 Å². The summed E-state index contributed by atoms with van der Waals surface area (Å²) in [7, 11) is 0. The van der Waals surface area contributed by atoms with Crippen LogP contribution in [0.1, 0.15) is 52.9 Å². The molecule has 0 saturated heterocycles. The summed E-state index contributed by atoms with van der Waals surface area (Å²) in [5.74, 6) is 0.0168. The molecule has 1 saturated carbocycles. The van der Waals surface area contributed by atoms with E-state index in [1.165, 1.54) is 23.3 Å². The van der Waals surface area contributed by atoms with Crippen molar-refractivity contribution in [3.05, 3.63) is 21.4 Å². The van der Waals surface area contributed by atoms with Crippen LogP contribution in [0.15, 0.2) is 5.38 Å². The van der Waals surface area contributed by atoms with Gasteiger partial charge in [-0.05, 0) is 50.5 Å². The molecule has 3 rings (SSSR count). The van der Waals surface area contributed by atoms with Crippen LogP contribution in [-0.2, 0) is 12.8 Å². The van der Waals surface area contributed by atoms with Gasteiger partial charge in [-0.1, -0.05) is 0 Å². The standard InChI is InChI=1S/C14H19NO2S/c16-9-14(6-3-7-14)15-13(17)11-8-18-12-5-2-1-4-10(11)12/h8,16H,1-7,9H2,(H,15,17). The zero-order chi connectivity index (χ0) is 12.6. The Bertz CT molecular complexity index is 457. The SMILES string of the molecule is O=C(NC1(CO)CCC1)c1csc2c1CCCC2. The lowest BCUT2D eigenvalue weighted by Crippen LogP contribution is -2.56. The lowest BCUT2D eigenvalue weighted by atomic mass is 9.77. The van der Waals surface area contributed by atoms with Crippen LogP contribution in [0.5, 0.6) is 0 Å². The van der Waals surface area contributed by atoms with E-state index in [0.717, 1.165) is 37.7 Å². The predicted molar refractivity (Wildman–Crippen MR) is 72.1 cm³/mol. The van der Waals surface area contributed by atoms with Crippen molar-refractivity contribution in [2.45, 2.75) is 50.5 Å². The molecule has 0 aromatic carbocycles. The molecule has 0 bridgehead atoms. The van der Waals surface area contributed by atoms with Crippen molar-refractivity contribution in [3.63, 3.8) is 0 Å². The first-order valence-corrected chi connectivity index (χ1v) is 7.65. The molecule has 0 spiro atoms. The maximum absolute atomic E-state index is 12.3. The van der Waals surface area contributed by atoms with E-state index in [1.54, 1.807) is 11.3 Å². The molecular weight excluding hydrogens is 246 g/mol. The van der Waals surface area contributed by atoms with Gasteiger partial charge in [-0.3, -0.25) is 4.79 Å². The van der Waals surface area contributed by atoms with Gasteiger partial charge < -0.3 is 10.4 Å². The zero-order valence-electron chi connectivity index (χ0n) is 10.5. The van der Waals surface area contributed by atoms with Gasteiger partial charge in [0.25, 0.3) is 5.91 Å². The van der Waals surface area contributed by atoms with Gasteiger partial charge in [-0.15, -0.1) is 11.3 Å². The molecule has 2 N–H and O–H groups in total. The number of carbonyl (C=O) groups is 1. The van der Waals surface area contributed by atoms with Gasteiger partial charge in [-0.2, -0.15) is 0 Å². The Morgan fingerprint density at radius 1 is 1.33 bits per heavy atom. The van der Waals surface area contributed by atoms with E-state index >= 15 is 0 Å². The molecule has 0 aliphatic heterocycles. The van der Waals surface area contributed by atoms with E-state index in [4.69, 9.17) is 0 Å². The first kappa shape index (κ1) is 12.2. The molecule has 0 radical (unpaired) electrons. The van der Waals surface area contributed by atoms with Crippen molar-refractivity contribution in [3.8, 4) is 0 Å². The van der Waals surface area contributed by atoms with E-state index in [0.29, 0.717) is 0 Å². The fourth-order valence-electron chi connectivity index (χ4n) is 2.92. The summed E-state index contributed by atoms with van der Waals surface area (Å²) in [4.78, 5) is 13.7. The first-order valence-electron chi connectivity index (χ1n) is 6.77. The van der Waals surface area contributed by atoms with Gasteiger partial charge in [0, 0.05) is 10.3 Å². The summed E-state index contributed by atoms with van der Waals surface area (Å²) >= 11 is 1.72. The molecule has 0 atom stereocenters. The molecule has 4 heteroatoms. The average molecular weight is 265 g/mol. The van der Waals surface area contributed by atoms with E-state index in [-0.39, 0.29) is 18.1 Å². The minimum absolute atomic E-state index is 0.0168. The second-order valence-electron chi connectivity index (χ2n) is 5.50. The zero-order valence-corrected chi connectivity index (χ0v) is 11.3. The van der Waals surface area contributed by atoms with Gasteiger partial charge in [-0.25, -0.2) is 0 Å². The average Bonchev–Trinajstić information content (AvgIpc) is 2.77. The molecule has 18 heavy (non-hydrogen) atoms. The maximum Gasteiger partial charge on any atom is 0.252 e. The van der Waals surface area contributed by atoms with Gasteiger partial charge >= 0.3 is 0 Å². The fourth-order valence-corrected chi connectivity index (χ4v) is 4.04. The van der Waals surface area contributed by atoms with E-state index in [2.05, 4.69) is 5.32 Å². The Morgan fingerprint density at radius 2 is 2.11 bits per heavy atom. The van der Waals surface area contributed by atoms with Crippen molar-refractivity contribution < 1.29 is 9.90 Å². The predicted octanol–water partition coefficient (Wildman–Crippen LogP) is 2.27. The molecular formula is C14H19NO2S. The quantitative estimate of drug-likeness (QED) is 0.881. The highest BCUT2D eigenvalue weighted by atomic mass is 32.1. The summed E-state index contributed by atoms with van der Waals surface area (Å²) in [5.41, 5.74) is 1.78. The van der Waals surface area contributed by atoms with Crippen LogP contribution in [0.3, 0.4) is 0 Å². The summed E-state index contributed by atoms with van der Waals surface area (Å²) in [5, 5.41) is 14.5. The fraction of sp³-hybridized carbons (Fsp3) is 0.643. The Morgan fingerprint density at radius 3 is 2.78 bits per heavy atom. The molecule has 0 unspecified atom stereocenters. The summed E-state index contributed by atoms with van der Waals surface area (Å²) in [6, 6.07) is 0. The Kier molecular flexibility index (Phi) is 3.16. The number of carbonyl (C=O) groups excluding carboxylic acids is 1. The summed E-state index contributed by atoms with van der Waals surface area (Å²) in [6.07, 6.45) is 7.50. The number of hydrogen-bond donors (Lipinski definition) is 2. The molecule has 1 aromatic heterocycles. The second kappa shape index (κ2) is 4.67. The first-order chi connectivity index (χ1) is 8.74. The van der Waals surface area contributed by atoms with Gasteiger partial charge in [0.05, 0.1) is 17.7 Å². The van der Waals surface area contributed by atoms with Crippen molar-refractivity contribution in [2.24, 2.45) is 0 Å². The number of aryl methyl sites for hydroxylation is 1. The number of thiophene rings is 1. The highest BCUT2D eigenvalue weighted by molar-refractivity contribution is 7.10. The normalized spacial score (nSPS) is 20.9. The Labute approximate surface area is 111 Å². The van der Waals surface area contributed by atoms with Crippen LogP contribution in [0.2, 0.25) is 0 Å². The highest BCUT2D eigenvalue weighted by Gasteiger charge is 2.38. The van der Waals surface area contributed by atoms with Crippen molar-refractivity contribution in [2.75, 3.05) is 6.61 Å². The number of rotatable bonds is 3. The largest absolute Gasteiger partial charge is 0.394 e. The molecule has 2 aliphatic rings. The minimum atomic E-state index is -0.333. The topological polar surface area (TPSA) is 49.3 Å². The smallest absolute Gasteiger partial charge is 0.252 e. The number of nitrogens with one attached hydrogen (secondary N) is 1. The third kappa shape index (κ3) is 1.97. The Balaban J connectivity index is 1.78. The number of aliphatic hydroxyl groups is 1. The third-order valence-corrected chi connectivity index (χ3v) is 5.39. The summed E-state index contributed by atoms with van der Waals surface area (Å²) < 4.78 is 0. The van der Waals surface area contributed by atoms with E-state index in [9.17, 15) is 9.90 Å². The number of aliphatic hydroxyl groups excluding tert-OH is 1. The lowest BCUT2D eigenvalue weighted by Gasteiger charge is -2.41. The van der Waals surface area contributed by atoms with Crippen molar-refractivity contribution in [1.29, 1.82) is 0 Å². The van der Waals surface area contributed by atoms with Gasteiger partial charge in [0.1, 0.15) is 0 Å². The highest BCUT2D eigenvalue weighted by Crippen LogP contribution is 2.34. The monoisotopic (exact) mass is 265 g/mol. The summed E-state index contributed by atoms with van der Waals surface area (Å²) in [6.45, 7) is 0.0606. The van der Waals surface area contributed by atoms with Crippen LogP contribution in [0.25, 0.3) is 0 Å². The molecule has 2 aliphatic carbocycles. The molecule has 1 aromatic rings. The van der Waals surface area contributed by atoms with Crippen LogP contribution in [0, 0.1) is 0 Å². The molecule has 1 fully saturated rings. The van der Waals surface area contributed by atoms with Crippen molar-refractivity contribution in [1.82, 2.24) is 5.32 Å². The maximum atomic E-state index is 12.3. The number of fused-ring (bicyclic) bond motifs is 1. The Hall–Kier alpha value is -0.870. The van der Waals surface area contributed by atoms with Crippen LogP contribution >= 0.6 is 11.3 Å². The lowest BCUT2D eigenvalue weighted by molar-refractivity contribution is 0.0641. The van der Waals surface area contributed by atoms with E-state index in [1.807, 2.05) is 5.38 Å². The molecule has 1 amide bonds. The van der Waals surface area contributed by atoms with Gasteiger partial charge in [0.15, 0.2) is 0 Å².